The molecule has 0 bridgehead atoms. The molecule has 2 heterocycles. The summed E-state index contributed by atoms with van der Waals surface area (Å²) >= 11 is 6.70. The van der Waals surface area contributed by atoms with Gasteiger partial charge in [-0.15, -0.1) is 22.7 Å². The Labute approximate surface area is 180 Å². The molecule has 1 N–H and O–H groups in total. The Morgan fingerprint density at radius 3 is 2.07 bits per heavy atom. The predicted molar refractivity (Wildman–Crippen MR) is 124 cm³/mol. The van der Waals surface area contributed by atoms with E-state index < -0.39 is 5.97 Å². The highest BCUT2D eigenvalue weighted by Crippen LogP contribution is 2.39. The molecule has 0 aromatic carbocycles. The molecule has 2 rings (SSSR count). The van der Waals surface area contributed by atoms with Crippen LogP contribution < -0.4 is 0 Å². The third-order valence-corrected chi connectivity index (χ3v) is 8.07. The molecule has 0 radical (unpaired) electrons. The lowest BCUT2D eigenvalue weighted by Gasteiger charge is -2.03. The topological polar surface area (TPSA) is 37.3 Å². The Morgan fingerprint density at radius 1 is 0.926 bits per heavy atom. The third kappa shape index (κ3) is 7.17. The molecule has 0 aliphatic heterocycles. The molecule has 0 unspecified atom stereocenters. The van der Waals surface area contributed by atoms with Crippen LogP contribution in [0.15, 0.2) is 5.38 Å². The summed E-state index contributed by atoms with van der Waals surface area (Å²) in [4.78, 5) is 12.2. The second-order valence-electron chi connectivity index (χ2n) is 7.36. The molecule has 0 spiro atoms. The molecule has 0 aliphatic rings. The second-order valence-corrected chi connectivity index (χ2v) is 10.1. The smallest absolute Gasteiger partial charge is 0.346 e. The zero-order valence-electron chi connectivity index (χ0n) is 16.5. The van der Waals surface area contributed by atoms with Gasteiger partial charge in [-0.05, 0) is 35.8 Å². The monoisotopic (exact) mass is 472 g/mol. The van der Waals surface area contributed by atoms with Gasteiger partial charge in [-0.1, -0.05) is 87.1 Å². The zero-order valence-corrected chi connectivity index (χ0v) is 19.7. The van der Waals surface area contributed by atoms with E-state index in [9.17, 15) is 9.90 Å². The van der Waals surface area contributed by atoms with Gasteiger partial charge in [0.15, 0.2) is 0 Å². The van der Waals surface area contributed by atoms with Crippen LogP contribution in [0, 0.1) is 0 Å². The first-order valence-electron chi connectivity index (χ1n) is 10.5. The summed E-state index contributed by atoms with van der Waals surface area (Å²) in [5.41, 5.74) is 2.38. The van der Waals surface area contributed by atoms with Crippen molar-refractivity contribution < 1.29 is 9.90 Å². The van der Waals surface area contributed by atoms with Crippen molar-refractivity contribution in [3.8, 4) is 0 Å². The normalized spacial score (nSPS) is 11.5. The quantitative estimate of drug-likeness (QED) is 0.208. The lowest BCUT2D eigenvalue weighted by Crippen LogP contribution is -1.98. The van der Waals surface area contributed by atoms with E-state index in [0.29, 0.717) is 4.88 Å². The minimum absolute atomic E-state index is 0.569. The Kier molecular flexibility index (Phi) is 11.0. The largest absolute Gasteiger partial charge is 0.477 e. The summed E-state index contributed by atoms with van der Waals surface area (Å²) in [6.07, 6.45) is 16.4. The fraction of sp³-hybridized carbons (Fsp3) is 0.682. The van der Waals surface area contributed by atoms with E-state index in [1.807, 2.05) is 0 Å². The van der Waals surface area contributed by atoms with Gasteiger partial charge in [0.05, 0.1) is 0 Å². The molecule has 2 nitrogen and oxygen atoms in total. The molecule has 0 saturated heterocycles. The van der Waals surface area contributed by atoms with Crippen molar-refractivity contribution in [2.24, 2.45) is 0 Å². The Balaban J connectivity index is 1.73. The molecule has 0 saturated carbocycles. The number of hydrogen-bond acceptors (Lipinski definition) is 3. The van der Waals surface area contributed by atoms with Gasteiger partial charge in [0.1, 0.15) is 4.88 Å². The molecule has 2 aromatic heterocycles. The number of carboxylic acid groups (broad SMARTS) is 1. The number of aryl methyl sites for hydroxylation is 2. The zero-order chi connectivity index (χ0) is 19.5. The maximum atomic E-state index is 11.7. The van der Waals surface area contributed by atoms with E-state index in [1.54, 1.807) is 11.3 Å². The molecular formula is C22H33BrO2S2. The maximum Gasteiger partial charge on any atom is 0.346 e. The average Bonchev–Trinajstić information content (AvgIpc) is 3.20. The average molecular weight is 474 g/mol. The van der Waals surface area contributed by atoms with Crippen molar-refractivity contribution >= 4 is 54.0 Å². The highest BCUT2D eigenvalue weighted by atomic mass is 79.9. The number of thiophene rings is 2. The Bertz CT molecular complexity index is 690. The molecule has 27 heavy (non-hydrogen) atoms. The van der Waals surface area contributed by atoms with Gasteiger partial charge in [0.2, 0.25) is 0 Å². The first kappa shape index (κ1) is 22.9. The lowest BCUT2D eigenvalue weighted by atomic mass is 10.0. The number of hydrogen-bond donors (Lipinski definition) is 1. The second kappa shape index (κ2) is 12.9. The standard InChI is InChI=1S/C22H33BrO2S2/c1-2-3-4-5-6-7-8-9-10-11-12-13-18-20-19(27-21(18)22(24)25)17(14-15-23)16-26-20/h16H,2-15H2,1H3,(H,24,25). The number of fused-ring (bicyclic) bond motifs is 1. The molecule has 0 amide bonds. The van der Waals surface area contributed by atoms with Crippen LogP contribution in [0.5, 0.6) is 0 Å². The maximum absolute atomic E-state index is 11.7. The number of unbranched alkanes of at least 4 members (excludes halogenated alkanes) is 10. The van der Waals surface area contributed by atoms with Crippen molar-refractivity contribution in [1.29, 1.82) is 0 Å². The van der Waals surface area contributed by atoms with Crippen LogP contribution >= 0.6 is 38.6 Å². The number of carbonyl (C=O) groups is 1. The summed E-state index contributed by atoms with van der Waals surface area (Å²) in [5, 5.41) is 12.7. The highest BCUT2D eigenvalue weighted by molar-refractivity contribution is 9.09. The fourth-order valence-corrected chi connectivity index (χ4v) is 6.65. The number of alkyl halides is 1. The van der Waals surface area contributed by atoms with Gasteiger partial charge in [0, 0.05) is 14.7 Å². The van der Waals surface area contributed by atoms with Gasteiger partial charge >= 0.3 is 5.97 Å². The number of halogens is 1. The van der Waals surface area contributed by atoms with Gasteiger partial charge in [-0.2, -0.15) is 0 Å². The fourth-order valence-electron chi connectivity index (χ4n) is 3.61. The van der Waals surface area contributed by atoms with E-state index in [4.69, 9.17) is 0 Å². The third-order valence-electron chi connectivity index (χ3n) is 5.16. The number of aromatic carboxylic acids is 1. The summed E-state index contributed by atoms with van der Waals surface area (Å²) in [6.45, 7) is 2.27. The van der Waals surface area contributed by atoms with Crippen molar-refractivity contribution in [1.82, 2.24) is 0 Å². The summed E-state index contributed by atoms with van der Waals surface area (Å²) in [6, 6.07) is 0. The van der Waals surface area contributed by atoms with Crippen LogP contribution in [0.25, 0.3) is 9.40 Å². The summed E-state index contributed by atoms with van der Waals surface area (Å²) in [7, 11) is 0. The van der Waals surface area contributed by atoms with E-state index in [2.05, 4.69) is 28.2 Å². The van der Waals surface area contributed by atoms with Crippen LogP contribution in [0.2, 0.25) is 0 Å². The molecule has 5 heteroatoms. The number of carboxylic acids is 1. The molecular weight excluding hydrogens is 440 g/mol. The minimum atomic E-state index is -0.758. The van der Waals surface area contributed by atoms with Crippen LogP contribution in [0.1, 0.15) is 98.4 Å². The van der Waals surface area contributed by atoms with E-state index in [-0.39, 0.29) is 0 Å². The van der Waals surface area contributed by atoms with Crippen molar-refractivity contribution in [3.05, 3.63) is 21.4 Å². The lowest BCUT2D eigenvalue weighted by molar-refractivity contribution is 0.0701. The molecule has 2 aromatic rings. The molecule has 0 aliphatic carbocycles. The van der Waals surface area contributed by atoms with E-state index in [0.717, 1.165) is 30.2 Å². The van der Waals surface area contributed by atoms with Gasteiger partial charge in [-0.3, -0.25) is 0 Å². The van der Waals surface area contributed by atoms with E-state index in [1.165, 1.54) is 90.5 Å². The molecule has 0 atom stereocenters. The first-order valence-corrected chi connectivity index (χ1v) is 13.3. The SMILES string of the molecule is CCCCCCCCCCCCCc1c(C(=O)O)sc2c(CCBr)csc12. The Hall–Kier alpha value is -0.390. The highest BCUT2D eigenvalue weighted by Gasteiger charge is 2.20. The van der Waals surface area contributed by atoms with Crippen molar-refractivity contribution in [2.45, 2.75) is 90.4 Å². The predicted octanol–water partition coefficient (Wildman–Crippen LogP) is 8.45. The van der Waals surface area contributed by atoms with Gasteiger partial charge in [0.25, 0.3) is 0 Å². The van der Waals surface area contributed by atoms with Crippen LogP contribution in [-0.2, 0) is 12.8 Å². The number of rotatable bonds is 15. The Morgan fingerprint density at radius 2 is 1.52 bits per heavy atom. The van der Waals surface area contributed by atoms with Crippen LogP contribution in [-0.4, -0.2) is 16.4 Å². The van der Waals surface area contributed by atoms with Crippen molar-refractivity contribution in [3.63, 3.8) is 0 Å². The van der Waals surface area contributed by atoms with Gasteiger partial charge in [-0.25, -0.2) is 4.79 Å². The molecule has 0 fully saturated rings. The first-order chi connectivity index (χ1) is 13.2. The van der Waals surface area contributed by atoms with Crippen LogP contribution in [0.3, 0.4) is 0 Å². The van der Waals surface area contributed by atoms with E-state index >= 15 is 0 Å². The van der Waals surface area contributed by atoms with Crippen LogP contribution in [0.4, 0.5) is 0 Å². The molecule has 152 valence electrons. The summed E-state index contributed by atoms with van der Waals surface area (Å²) < 4.78 is 2.43. The van der Waals surface area contributed by atoms with Gasteiger partial charge < -0.3 is 5.11 Å². The minimum Gasteiger partial charge on any atom is -0.477 e. The summed E-state index contributed by atoms with van der Waals surface area (Å²) in [5.74, 6) is -0.758. The van der Waals surface area contributed by atoms with Crippen molar-refractivity contribution in [2.75, 3.05) is 5.33 Å².